The number of halogens is 3. The first kappa shape index (κ1) is 18.2. The van der Waals surface area contributed by atoms with Gasteiger partial charge in [0.05, 0.1) is 5.69 Å². The van der Waals surface area contributed by atoms with Gasteiger partial charge < -0.3 is 9.84 Å². The van der Waals surface area contributed by atoms with E-state index in [1.165, 1.54) is 0 Å². The minimum Gasteiger partial charge on any atom is -0.385 e. The lowest BCUT2D eigenvalue weighted by Crippen LogP contribution is -2.45. The summed E-state index contributed by atoms with van der Waals surface area (Å²) in [4.78, 5) is 1.95. The third-order valence-corrected chi connectivity index (χ3v) is 4.34. The Morgan fingerprint density at radius 1 is 1.35 bits per heavy atom. The number of methoxy groups -OCH3 is 1. The van der Waals surface area contributed by atoms with Crippen LogP contribution in [0.4, 0.5) is 13.2 Å². The second-order valence-electron chi connectivity index (χ2n) is 6.05. The molecule has 0 radical (unpaired) electrons. The molecule has 0 bridgehead atoms. The Morgan fingerprint density at radius 2 is 2.13 bits per heavy atom. The molecule has 0 saturated carbocycles. The van der Waals surface area contributed by atoms with Crippen LogP contribution in [-0.2, 0) is 17.8 Å². The van der Waals surface area contributed by atoms with Crippen molar-refractivity contribution in [3.8, 4) is 0 Å². The summed E-state index contributed by atoms with van der Waals surface area (Å²) < 4.78 is 45.7. The summed E-state index contributed by atoms with van der Waals surface area (Å²) in [5.41, 5.74) is -1.58. The van der Waals surface area contributed by atoms with E-state index in [1.807, 2.05) is 15.6 Å². The number of aryl methyl sites for hydroxylation is 1. The van der Waals surface area contributed by atoms with Crippen LogP contribution < -0.4 is 0 Å². The monoisotopic (exact) mass is 335 g/mol. The fourth-order valence-electron chi connectivity index (χ4n) is 2.90. The molecule has 23 heavy (non-hydrogen) atoms. The van der Waals surface area contributed by atoms with E-state index in [2.05, 4.69) is 5.10 Å². The van der Waals surface area contributed by atoms with Crippen LogP contribution in [0.15, 0.2) is 12.3 Å². The van der Waals surface area contributed by atoms with Gasteiger partial charge >= 0.3 is 6.18 Å². The number of aromatic nitrogens is 2. The van der Waals surface area contributed by atoms with Gasteiger partial charge in [-0.1, -0.05) is 0 Å². The van der Waals surface area contributed by atoms with Crippen LogP contribution in [0, 0.1) is 0 Å². The molecule has 1 aliphatic rings. The van der Waals surface area contributed by atoms with Crippen LogP contribution in [0.2, 0.25) is 0 Å². The van der Waals surface area contributed by atoms with Crippen molar-refractivity contribution in [3.63, 3.8) is 0 Å². The van der Waals surface area contributed by atoms with E-state index in [4.69, 9.17) is 4.74 Å². The lowest BCUT2D eigenvalue weighted by Gasteiger charge is -2.29. The second kappa shape index (κ2) is 7.63. The molecule has 0 amide bonds. The summed E-state index contributed by atoms with van der Waals surface area (Å²) in [6.07, 6.45) is -2.22. The molecule has 1 atom stereocenters. The zero-order valence-corrected chi connectivity index (χ0v) is 13.3. The molecule has 0 aromatic carbocycles. The maximum atomic E-state index is 13.0. The van der Waals surface area contributed by atoms with E-state index in [0.29, 0.717) is 26.1 Å². The van der Waals surface area contributed by atoms with E-state index < -0.39 is 11.8 Å². The summed E-state index contributed by atoms with van der Waals surface area (Å²) >= 11 is 0. The number of hydrogen-bond donors (Lipinski definition) is 1. The van der Waals surface area contributed by atoms with Crippen molar-refractivity contribution in [2.45, 2.75) is 50.6 Å². The minimum absolute atomic E-state index is 0.221. The Kier molecular flexibility index (Phi) is 6.05. The van der Waals surface area contributed by atoms with Crippen molar-refractivity contribution in [3.05, 3.63) is 18.0 Å². The molecule has 1 unspecified atom stereocenters. The maximum Gasteiger partial charge on any atom is 0.417 e. The maximum absolute atomic E-state index is 13.0. The van der Waals surface area contributed by atoms with Gasteiger partial charge in [-0.05, 0) is 38.3 Å². The Hall–Kier alpha value is -1.12. The van der Waals surface area contributed by atoms with Crippen LogP contribution in [0.3, 0.4) is 0 Å². The Bertz CT molecular complexity index is 493. The number of rotatable bonds is 6. The standard InChI is InChI=1S/C15H24F3N3O2/c1-23-11-3-9-21-13(4-7-19-21)12-20-8-2-5-14(22,6-10-20)15(16,17)18/h4,7,22H,2-3,5-6,8-12H2,1H3. The predicted octanol–water partition coefficient (Wildman–Crippen LogP) is 2.20. The Morgan fingerprint density at radius 3 is 2.83 bits per heavy atom. The molecule has 2 heterocycles. The molecular formula is C15H24F3N3O2. The molecule has 1 saturated heterocycles. The van der Waals surface area contributed by atoms with Gasteiger partial charge in [-0.15, -0.1) is 0 Å². The van der Waals surface area contributed by atoms with Gasteiger partial charge in [0.2, 0.25) is 0 Å². The van der Waals surface area contributed by atoms with Crippen molar-refractivity contribution >= 4 is 0 Å². The van der Waals surface area contributed by atoms with Crippen molar-refractivity contribution in [1.29, 1.82) is 0 Å². The normalized spacial score (nSPS) is 23.9. The van der Waals surface area contributed by atoms with Gasteiger partial charge in [-0.3, -0.25) is 9.58 Å². The van der Waals surface area contributed by atoms with Crippen molar-refractivity contribution in [1.82, 2.24) is 14.7 Å². The van der Waals surface area contributed by atoms with Gasteiger partial charge in [-0.2, -0.15) is 18.3 Å². The molecule has 0 aliphatic carbocycles. The zero-order chi connectivity index (χ0) is 16.9. The lowest BCUT2D eigenvalue weighted by atomic mass is 9.94. The van der Waals surface area contributed by atoms with Crippen LogP contribution in [0.25, 0.3) is 0 Å². The molecule has 1 N–H and O–H groups in total. The summed E-state index contributed by atoms with van der Waals surface area (Å²) in [6.45, 7) is 2.67. The zero-order valence-electron chi connectivity index (χ0n) is 13.3. The Balaban J connectivity index is 1.93. The number of nitrogens with zero attached hydrogens (tertiary/aromatic N) is 3. The number of aliphatic hydroxyl groups is 1. The predicted molar refractivity (Wildman–Crippen MR) is 78.9 cm³/mol. The van der Waals surface area contributed by atoms with Crippen LogP contribution >= 0.6 is 0 Å². The lowest BCUT2D eigenvalue weighted by molar-refractivity contribution is -0.263. The smallest absolute Gasteiger partial charge is 0.385 e. The third kappa shape index (κ3) is 4.68. The van der Waals surface area contributed by atoms with Crippen molar-refractivity contribution in [2.75, 3.05) is 26.8 Å². The highest BCUT2D eigenvalue weighted by molar-refractivity contribution is 5.01. The first-order chi connectivity index (χ1) is 10.9. The van der Waals surface area contributed by atoms with Gasteiger partial charge in [0, 0.05) is 39.5 Å². The summed E-state index contributed by atoms with van der Waals surface area (Å²) in [5, 5.41) is 14.1. The van der Waals surface area contributed by atoms with E-state index in [9.17, 15) is 18.3 Å². The van der Waals surface area contributed by atoms with Crippen molar-refractivity contribution < 1.29 is 23.0 Å². The minimum atomic E-state index is -4.56. The molecule has 132 valence electrons. The largest absolute Gasteiger partial charge is 0.417 e. The molecule has 1 aliphatic heterocycles. The summed E-state index contributed by atoms with van der Waals surface area (Å²) in [5.74, 6) is 0. The highest BCUT2D eigenvalue weighted by atomic mass is 19.4. The number of likely N-dealkylation sites (tertiary alicyclic amines) is 1. The second-order valence-corrected chi connectivity index (χ2v) is 6.05. The van der Waals surface area contributed by atoms with Crippen molar-refractivity contribution in [2.24, 2.45) is 0 Å². The van der Waals surface area contributed by atoms with Gasteiger partial charge in [0.1, 0.15) is 0 Å². The molecule has 0 spiro atoms. The van der Waals surface area contributed by atoms with E-state index in [-0.39, 0.29) is 19.4 Å². The van der Waals surface area contributed by atoms with E-state index in [1.54, 1.807) is 13.3 Å². The number of hydrogen-bond acceptors (Lipinski definition) is 4. The summed E-state index contributed by atoms with van der Waals surface area (Å²) in [7, 11) is 1.64. The van der Waals surface area contributed by atoms with Gasteiger partial charge in [0.15, 0.2) is 5.60 Å². The molecule has 1 aromatic heterocycles. The van der Waals surface area contributed by atoms with Gasteiger partial charge in [-0.25, -0.2) is 0 Å². The number of alkyl halides is 3. The highest BCUT2D eigenvalue weighted by Crippen LogP contribution is 2.38. The average molecular weight is 335 g/mol. The van der Waals surface area contributed by atoms with Crippen LogP contribution in [-0.4, -0.2) is 58.4 Å². The molecule has 2 rings (SSSR count). The molecule has 8 heteroatoms. The van der Waals surface area contributed by atoms with Crippen LogP contribution in [0.1, 0.15) is 31.4 Å². The topological polar surface area (TPSA) is 50.5 Å². The molecule has 5 nitrogen and oxygen atoms in total. The fourth-order valence-corrected chi connectivity index (χ4v) is 2.90. The average Bonchev–Trinajstić information content (AvgIpc) is 2.81. The SMILES string of the molecule is COCCCn1nccc1CN1CCCC(O)(C(F)(F)F)CC1. The number of ether oxygens (including phenoxy) is 1. The summed E-state index contributed by atoms with van der Waals surface area (Å²) in [6, 6.07) is 1.88. The first-order valence-corrected chi connectivity index (χ1v) is 7.87. The Labute approximate surface area is 134 Å². The molecule has 1 aromatic rings. The molecule has 1 fully saturated rings. The van der Waals surface area contributed by atoms with Gasteiger partial charge in [0.25, 0.3) is 0 Å². The molecular weight excluding hydrogens is 311 g/mol. The van der Waals surface area contributed by atoms with E-state index >= 15 is 0 Å². The van der Waals surface area contributed by atoms with E-state index in [0.717, 1.165) is 18.7 Å². The highest BCUT2D eigenvalue weighted by Gasteiger charge is 2.53. The quantitative estimate of drug-likeness (QED) is 0.810. The fraction of sp³-hybridized carbons (Fsp3) is 0.800. The first-order valence-electron chi connectivity index (χ1n) is 7.87. The third-order valence-electron chi connectivity index (χ3n) is 4.34. The van der Waals surface area contributed by atoms with Crippen LogP contribution in [0.5, 0.6) is 0 Å².